The van der Waals surface area contributed by atoms with Gasteiger partial charge in [0.25, 0.3) is 0 Å². The van der Waals surface area contributed by atoms with E-state index in [9.17, 15) is 9.59 Å². The third-order valence-electron chi connectivity index (χ3n) is 4.56. The molecule has 0 spiro atoms. The summed E-state index contributed by atoms with van der Waals surface area (Å²) in [7, 11) is 1.29. The third-order valence-corrected chi connectivity index (χ3v) is 5.28. The van der Waals surface area contributed by atoms with Crippen molar-refractivity contribution in [3.63, 3.8) is 0 Å². The molecular weight excluding hydrogens is 433 g/mol. The predicted octanol–water partition coefficient (Wildman–Crippen LogP) is 3.39. The van der Waals surface area contributed by atoms with Crippen LogP contribution in [0.1, 0.15) is 38.2 Å². The summed E-state index contributed by atoms with van der Waals surface area (Å²) in [5, 5.41) is 0. The van der Waals surface area contributed by atoms with Crippen LogP contribution in [-0.4, -0.2) is 18.9 Å². The number of Topliss-reactive ketones (excluding diaryl/α,β-unsaturated/α-hetero) is 1. The number of allylic oxidation sites excluding steroid dienone is 2. The van der Waals surface area contributed by atoms with E-state index in [1.165, 1.54) is 7.11 Å². The summed E-state index contributed by atoms with van der Waals surface area (Å²) in [5.74, 6) is -0.569. The van der Waals surface area contributed by atoms with Crippen LogP contribution in [0.15, 0.2) is 47.1 Å². The monoisotopic (exact) mass is 453 g/mol. The Hall–Kier alpha value is -1.83. The van der Waals surface area contributed by atoms with E-state index in [2.05, 4.69) is 22.6 Å². The van der Waals surface area contributed by atoms with Crippen LogP contribution in [0.4, 0.5) is 0 Å². The predicted molar refractivity (Wildman–Crippen MR) is 101 cm³/mol. The topological polar surface area (TPSA) is 78.6 Å². The van der Waals surface area contributed by atoms with E-state index in [0.717, 1.165) is 9.13 Å². The van der Waals surface area contributed by atoms with Crippen molar-refractivity contribution < 1.29 is 19.1 Å². The number of nitrogens with two attached hydrogens (primary N) is 1. The number of carbonyl (C=O) groups excluding carboxylic acids is 2. The first-order chi connectivity index (χ1) is 11.7. The Morgan fingerprint density at radius 3 is 2.52 bits per heavy atom. The van der Waals surface area contributed by atoms with Crippen molar-refractivity contribution in [1.82, 2.24) is 0 Å². The van der Waals surface area contributed by atoms with Gasteiger partial charge in [0.1, 0.15) is 11.3 Å². The van der Waals surface area contributed by atoms with E-state index in [1.54, 1.807) is 0 Å². The molecule has 0 unspecified atom stereocenters. The lowest BCUT2D eigenvalue weighted by Crippen LogP contribution is -2.35. The van der Waals surface area contributed by atoms with E-state index >= 15 is 0 Å². The van der Waals surface area contributed by atoms with E-state index in [0.29, 0.717) is 24.2 Å². The first kappa shape index (κ1) is 18.0. The second-order valence-corrected chi connectivity index (χ2v) is 8.38. The molecule has 1 aliphatic heterocycles. The van der Waals surface area contributed by atoms with E-state index in [-0.39, 0.29) is 22.7 Å². The lowest BCUT2D eigenvalue weighted by Gasteiger charge is -2.37. The minimum atomic E-state index is -0.578. The number of hydrogen-bond acceptors (Lipinski definition) is 5. The molecule has 0 fully saturated rings. The quantitative estimate of drug-likeness (QED) is 0.549. The molecule has 2 aliphatic rings. The van der Waals surface area contributed by atoms with Gasteiger partial charge in [-0.05, 0) is 45.7 Å². The Morgan fingerprint density at radius 1 is 1.28 bits per heavy atom. The molecular formula is C19H20INO4. The standard InChI is InChI=1S/C19H20INO4/c1-19(2)8-12(22)15-13(9-19)25-17(21)16(18(23)24-3)14(15)10-4-6-11(20)7-5-10/h4-7,14H,8-9,21H2,1-3H3/t14-/m0/s1. The van der Waals surface area contributed by atoms with Crippen molar-refractivity contribution in [2.24, 2.45) is 11.1 Å². The van der Waals surface area contributed by atoms with Crippen LogP contribution < -0.4 is 5.73 Å². The molecule has 0 amide bonds. The maximum Gasteiger partial charge on any atom is 0.340 e. The molecule has 6 heteroatoms. The Bertz CT molecular complexity index is 805. The Kier molecular flexibility index (Phi) is 4.66. The van der Waals surface area contributed by atoms with Gasteiger partial charge >= 0.3 is 5.97 Å². The number of carbonyl (C=O) groups is 2. The maximum absolute atomic E-state index is 12.9. The van der Waals surface area contributed by atoms with Crippen molar-refractivity contribution in [2.45, 2.75) is 32.6 Å². The van der Waals surface area contributed by atoms with E-state index < -0.39 is 11.9 Å². The number of halogens is 1. The molecule has 132 valence electrons. The van der Waals surface area contributed by atoms with Crippen LogP contribution in [0.5, 0.6) is 0 Å². The summed E-state index contributed by atoms with van der Waals surface area (Å²) in [6, 6.07) is 7.69. The third kappa shape index (κ3) is 3.31. The molecule has 3 rings (SSSR count). The second-order valence-electron chi connectivity index (χ2n) is 7.13. The number of benzene rings is 1. The largest absolute Gasteiger partial charge is 0.465 e. The number of hydrogen-bond donors (Lipinski definition) is 1. The Morgan fingerprint density at radius 2 is 1.92 bits per heavy atom. The first-order valence-electron chi connectivity index (χ1n) is 8.01. The highest BCUT2D eigenvalue weighted by atomic mass is 127. The highest BCUT2D eigenvalue weighted by Gasteiger charge is 2.44. The lowest BCUT2D eigenvalue weighted by molar-refractivity contribution is -0.136. The Labute approximate surface area is 160 Å². The smallest absolute Gasteiger partial charge is 0.340 e. The average Bonchev–Trinajstić information content (AvgIpc) is 2.52. The molecule has 5 nitrogen and oxygen atoms in total. The average molecular weight is 453 g/mol. The molecule has 0 saturated heterocycles. The van der Waals surface area contributed by atoms with Crippen molar-refractivity contribution >= 4 is 34.3 Å². The molecule has 25 heavy (non-hydrogen) atoms. The van der Waals surface area contributed by atoms with Gasteiger partial charge < -0.3 is 15.2 Å². The van der Waals surface area contributed by atoms with Gasteiger partial charge in [0.2, 0.25) is 5.88 Å². The van der Waals surface area contributed by atoms with Gasteiger partial charge in [-0.25, -0.2) is 4.79 Å². The van der Waals surface area contributed by atoms with Crippen molar-refractivity contribution in [3.05, 3.63) is 56.2 Å². The van der Waals surface area contributed by atoms with Gasteiger partial charge in [0.15, 0.2) is 5.78 Å². The normalized spacial score (nSPS) is 22.4. The molecule has 1 heterocycles. The second kappa shape index (κ2) is 6.48. The summed E-state index contributed by atoms with van der Waals surface area (Å²) in [6.45, 7) is 4.04. The minimum Gasteiger partial charge on any atom is -0.465 e. The van der Waals surface area contributed by atoms with Gasteiger partial charge in [-0.15, -0.1) is 0 Å². The fourth-order valence-corrected chi connectivity index (χ4v) is 3.84. The number of ether oxygens (including phenoxy) is 2. The summed E-state index contributed by atoms with van der Waals surface area (Å²) >= 11 is 2.21. The molecule has 0 radical (unpaired) electrons. The number of esters is 1. The minimum absolute atomic E-state index is 0.0105. The van der Waals surface area contributed by atoms with Crippen LogP contribution in [-0.2, 0) is 19.1 Å². The molecule has 1 aliphatic carbocycles. The van der Waals surface area contributed by atoms with Gasteiger partial charge in [-0.3, -0.25) is 4.79 Å². The van der Waals surface area contributed by atoms with Gasteiger partial charge in [0, 0.05) is 22.0 Å². The fraction of sp³-hybridized carbons (Fsp3) is 0.368. The van der Waals surface area contributed by atoms with Crippen LogP contribution in [0.2, 0.25) is 0 Å². The van der Waals surface area contributed by atoms with Crippen LogP contribution >= 0.6 is 22.6 Å². The van der Waals surface area contributed by atoms with Crippen molar-refractivity contribution in [2.75, 3.05) is 7.11 Å². The summed E-state index contributed by atoms with van der Waals surface area (Å²) in [6.07, 6.45) is 1.01. The number of methoxy groups -OCH3 is 1. The zero-order chi connectivity index (χ0) is 18.4. The molecule has 0 saturated carbocycles. The highest BCUT2D eigenvalue weighted by Crippen LogP contribution is 2.48. The van der Waals surface area contributed by atoms with Gasteiger partial charge in [-0.1, -0.05) is 26.0 Å². The van der Waals surface area contributed by atoms with Gasteiger partial charge in [-0.2, -0.15) is 0 Å². The zero-order valence-electron chi connectivity index (χ0n) is 14.4. The van der Waals surface area contributed by atoms with Crippen LogP contribution in [0.3, 0.4) is 0 Å². The molecule has 2 N–H and O–H groups in total. The van der Waals surface area contributed by atoms with Crippen LogP contribution in [0.25, 0.3) is 0 Å². The summed E-state index contributed by atoms with van der Waals surface area (Å²) in [5.41, 5.74) is 7.40. The Balaban J connectivity index is 2.19. The molecule has 1 aromatic carbocycles. The van der Waals surface area contributed by atoms with E-state index in [4.69, 9.17) is 15.2 Å². The fourth-order valence-electron chi connectivity index (χ4n) is 3.48. The highest BCUT2D eigenvalue weighted by molar-refractivity contribution is 14.1. The van der Waals surface area contributed by atoms with Crippen molar-refractivity contribution in [3.8, 4) is 0 Å². The molecule has 1 aromatic rings. The number of ketones is 1. The molecule has 0 bridgehead atoms. The molecule has 1 atom stereocenters. The summed E-state index contributed by atoms with van der Waals surface area (Å²) in [4.78, 5) is 25.3. The van der Waals surface area contributed by atoms with E-state index in [1.807, 2.05) is 38.1 Å². The maximum atomic E-state index is 12.9. The van der Waals surface area contributed by atoms with Gasteiger partial charge in [0.05, 0.1) is 13.0 Å². The SMILES string of the molecule is COC(=O)C1=C(N)OC2=C(C(=O)CC(C)(C)C2)[C@@H]1c1ccc(I)cc1. The first-order valence-corrected chi connectivity index (χ1v) is 9.09. The van der Waals surface area contributed by atoms with Crippen molar-refractivity contribution in [1.29, 1.82) is 0 Å². The van der Waals surface area contributed by atoms with Crippen LogP contribution in [0, 0.1) is 8.99 Å². The summed E-state index contributed by atoms with van der Waals surface area (Å²) < 4.78 is 11.7. The zero-order valence-corrected chi connectivity index (χ0v) is 16.5. The molecule has 0 aromatic heterocycles. The lowest BCUT2D eigenvalue weighted by atomic mass is 9.70. The number of rotatable bonds is 2.